The van der Waals surface area contributed by atoms with E-state index in [0.29, 0.717) is 5.84 Å². The number of fused-ring (bicyclic) bond motifs is 1. The summed E-state index contributed by atoms with van der Waals surface area (Å²) in [6.45, 7) is 3.00. The Hall–Kier alpha value is -2.09. The van der Waals surface area contributed by atoms with Crippen LogP contribution >= 0.6 is 0 Å². The average molecular weight is 236 g/mol. The van der Waals surface area contributed by atoms with Crippen molar-refractivity contribution in [2.45, 2.75) is 19.5 Å². The molecule has 3 rings (SSSR count). The summed E-state index contributed by atoms with van der Waals surface area (Å²) in [4.78, 5) is 2.15. The molecule has 90 valence electrons. The highest BCUT2D eigenvalue weighted by molar-refractivity contribution is 6.00. The summed E-state index contributed by atoms with van der Waals surface area (Å²) >= 11 is 0. The van der Waals surface area contributed by atoms with E-state index in [0.717, 1.165) is 12.1 Å². The lowest BCUT2D eigenvalue weighted by Crippen LogP contribution is -2.27. The number of amidine groups is 1. The quantitative estimate of drug-likeness (QED) is 0.847. The summed E-state index contributed by atoms with van der Waals surface area (Å²) in [7, 11) is 0. The Balaban J connectivity index is 1.91. The van der Waals surface area contributed by atoms with Crippen molar-refractivity contribution in [2.24, 2.45) is 0 Å². The van der Waals surface area contributed by atoms with Crippen LogP contribution in [0.3, 0.4) is 0 Å². The van der Waals surface area contributed by atoms with E-state index in [1.54, 1.807) is 0 Å². The van der Waals surface area contributed by atoms with Gasteiger partial charge in [0, 0.05) is 12.1 Å². The molecule has 1 heterocycles. The van der Waals surface area contributed by atoms with E-state index in [9.17, 15) is 0 Å². The van der Waals surface area contributed by atoms with E-state index in [-0.39, 0.29) is 6.04 Å². The van der Waals surface area contributed by atoms with Crippen molar-refractivity contribution >= 4 is 5.84 Å². The van der Waals surface area contributed by atoms with Crippen LogP contribution in [-0.2, 0) is 6.54 Å². The summed E-state index contributed by atoms with van der Waals surface area (Å²) in [6, 6.07) is 18.8. The largest absolute Gasteiger partial charge is 0.345 e. The second kappa shape index (κ2) is 4.30. The SMILES string of the molecule is C[C@H](c1ccccc1)N1Cc2ccccc2C1=N. The van der Waals surface area contributed by atoms with Crippen molar-refractivity contribution in [3.8, 4) is 0 Å². The van der Waals surface area contributed by atoms with E-state index in [1.807, 2.05) is 24.3 Å². The van der Waals surface area contributed by atoms with Crippen molar-refractivity contribution in [1.29, 1.82) is 5.41 Å². The molecular weight excluding hydrogens is 220 g/mol. The first-order valence-corrected chi connectivity index (χ1v) is 6.26. The van der Waals surface area contributed by atoms with Crippen LogP contribution in [0.4, 0.5) is 0 Å². The van der Waals surface area contributed by atoms with Crippen molar-refractivity contribution in [3.05, 3.63) is 71.3 Å². The van der Waals surface area contributed by atoms with Crippen LogP contribution in [0.25, 0.3) is 0 Å². The van der Waals surface area contributed by atoms with Crippen LogP contribution in [0.1, 0.15) is 29.7 Å². The molecule has 1 atom stereocenters. The molecule has 0 aliphatic carbocycles. The molecule has 0 saturated carbocycles. The number of hydrogen-bond acceptors (Lipinski definition) is 1. The predicted octanol–water partition coefficient (Wildman–Crippen LogP) is 3.59. The van der Waals surface area contributed by atoms with Gasteiger partial charge in [-0.3, -0.25) is 5.41 Å². The molecule has 2 aromatic carbocycles. The van der Waals surface area contributed by atoms with E-state index < -0.39 is 0 Å². The molecule has 0 amide bonds. The summed E-state index contributed by atoms with van der Waals surface area (Å²) in [5, 5.41) is 8.29. The standard InChI is InChI=1S/C16H16N2/c1-12(13-7-3-2-4-8-13)18-11-14-9-5-6-10-15(14)16(18)17/h2-10,12,17H,11H2,1H3/t12-/m1/s1. The van der Waals surface area contributed by atoms with Crippen LogP contribution < -0.4 is 0 Å². The van der Waals surface area contributed by atoms with Crippen molar-refractivity contribution in [3.63, 3.8) is 0 Å². The molecule has 0 bridgehead atoms. The minimum absolute atomic E-state index is 0.242. The third kappa shape index (κ3) is 1.70. The average Bonchev–Trinajstić information content (AvgIpc) is 2.77. The first-order chi connectivity index (χ1) is 8.77. The molecule has 18 heavy (non-hydrogen) atoms. The number of nitrogens with one attached hydrogen (secondary N) is 1. The van der Waals surface area contributed by atoms with Crippen LogP contribution in [0, 0.1) is 5.41 Å². The first kappa shape index (κ1) is 11.0. The summed E-state index contributed by atoms with van der Waals surface area (Å²) in [5.41, 5.74) is 3.58. The maximum atomic E-state index is 8.29. The van der Waals surface area contributed by atoms with E-state index in [1.165, 1.54) is 11.1 Å². The fourth-order valence-electron chi connectivity index (χ4n) is 2.55. The van der Waals surface area contributed by atoms with Crippen LogP contribution in [0.2, 0.25) is 0 Å². The second-order valence-corrected chi connectivity index (χ2v) is 4.72. The zero-order valence-electron chi connectivity index (χ0n) is 10.4. The second-order valence-electron chi connectivity index (χ2n) is 4.72. The van der Waals surface area contributed by atoms with Gasteiger partial charge in [0.1, 0.15) is 5.84 Å². The fourth-order valence-corrected chi connectivity index (χ4v) is 2.55. The molecule has 1 aliphatic heterocycles. The van der Waals surface area contributed by atoms with Crippen LogP contribution in [-0.4, -0.2) is 10.7 Å². The number of hydrogen-bond donors (Lipinski definition) is 1. The Labute approximate surface area is 107 Å². The Morgan fingerprint density at radius 2 is 1.67 bits per heavy atom. The molecule has 1 N–H and O–H groups in total. The predicted molar refractivity (Wildman–Crippen MR) is 73.7 cm³/mol. The molecule has 0 aromatic heterocycles. The van der Waals surface area contributed by atoms with Crippen molar-refractivity contribution in [2.75, 3.05) is 0 Å². The lowest BCUT2D eigenvalue weighted by molar-refractivity contribution is 0.341. The third-order valence-electron chi connectivity index (χ3n) is 3.65. The highest BCUT2D eigenvalue weighted by Gasteiger charge is 2.27. The fraction of sp³-hybridized carbons (Fsp3) is 0.188. The Morgan fingerprint density at radius 1 is 1.00 bits per heavy atom. The topological polar surface area (TPSA) is 27.1 Å². The molecule has 0 saturated heterocycles. The van der Waals surface area contributed by atoms with Crippen LogP contribution in [0.5, 0.6) is 0 Å². The summed E-state index contributed by atoms with van der Waals surface area (Å²) < 4.78 is 0. The lowest BCUT2D eigenvalue weighted by atomic mass is 10.1. The maximum absolute atomic E-state index is 8.29. The molecule has 0 radical (unpaired) electrons. The molecule has 2 aromatic rings. The van der Waals surface area contributed by atoms with Crippen molar-refractivity contribution < 1.29 is 0 Å². The van der Waals surface area contributed by atoms with Crippen molar-refractivity contribution in [1.82, 2.24) is 4.90 Å². The summed E-state index contributed by atoms with van der Waals surface area (Å²) in [6.07, 6.45) is 0. The van der Waals surface area contributed by atoms with Gasteiger partial charge in [-0.1, -0.05) is 54.6 Å². The van der Waals surface area contributed by atoms with E-state index in [4.69, 9.17) is 5.41 Å². The normalized spacial score (nSPS) is 15.6. The molecular formula is C16H16N2. The molecule has 0 fully saturated rings. The molecule has 0 unspecified atom stereocenters. The zero-order chi connectivity index (χ0) is 12.5. The smallest absolute Gasteiger partial charge is 0.129 e. The van der Waals surface area contributed by atoms with Gasteiger partial charge < -0.3 is 4.90 Å². The first-order valence-electron chi connectivity index (χ1n) is 6.26. The van der Waals surface area contributed by atoms with E-state index in [2.05, 4.69) is 42.2 Å². The van der Waals surface area contributed by atoms with Gasteiger partial charge in [0.05, 0.1) is 6.04 Å². The van der Waals surface area contributed by atoms with Gasteiger partial charge >= 0.3 is 0 Å². The lowest BCUT2D eigenvalue weighted by Gasteiger charge is -2.26. The monoisotopic (exact) mass is 236 g/mol. The Morgan fingerprint density at radius 3 is 2.39 bits per heavy atom. The van der Waals surface area contributed by atoms with Gasteiger partial charge in [-0.05, 0) is 18.1 Å². The van der Waals surface area contributed by atoms with Gasteiger partial charge in [0.2, 0.25) is 0 Å². The van der Waals surface area contributed by atoms with E-state index >= 15 is 0 Å². The highest BCUT2D eigenvalue weighted by Crippen LogP contribution is 2.30. The Kier molecular flexibility index (Phi) is 2.63. The van der Waals surface area contributed by atoms with Gasteiger partial charge in [-0.2, -0.15) is 0 Å². The number of nitrogens with zero attached hydrogens (tertiary/aromatic N) is 1. The highest BCUT2D eigenvalue weighted by atomic mass is 15.2. The van der Waals surface area contributed by atoms with Gasteiger partial charge in [0.15, 0.2) is 0 Å². The number of benzene rings is 2. The molecule has 1 aliphatic rings. The molecule has 0 spiro atoms. The molecule has 2 nitrogen and oxygen atoms in total. The van der Waals surface area contributed by atoms with Crippen LogP contribution in [0.15, 0.2) is 54.6 Å². The van der Waals surface area contributed by atoms with Gasteiger partial charge in [-0.25, -0.2) is 0 Å². The van der Waals surface area contributed by atoms with Gasteiger partial charge in [-0.15, -0.1) is 0 Å². The van der Waals surface area contributed by atoms with Gasteiger partial charge in [0.25, 0.3) is 0 Å². The maximum Gasteiger partial charge on any atom is 0.129 e. The Bertz CT molecular complexity index is 575. The number of rotatable bonds is 2. The third-order valence-corrected chi connectivity index (χ3v) is 3.65. The summed E-state index contributed by atoms with van der Waals surface area (Å²) in [5.74, 6) is 0.641. The minimum atomic E-state index is 0.242. The zero-order valence-corrected chi connectivity index (χ0v) is 10.4. The minimum Gasteiger partial charge on any atom is -0.345 e. The molecule has 2 heteroatoms.